The number of pyridine rings is 2. The Morgan fingerprint density at radius 3 is 1.60 bits per heavy atom. The van der Waals surface area contributed by atoms with Gasteiger partial charge in [-0.2, -0.15) is 0 Å². The predicted molar refractivity (Wildman–Crippen MR) is 125 cm³/mol. The average molecular weight is 393 g/mol. The summed E-state index contributed by atoms with van der Waals surface area (Å²) in [5, 5.41) is 4.66. The summed E-state index contributed by atoms with van der Waals surface area (Å²) in [5.74, 6) is 0. The highest BCUT2D eigenvalue weighted by atomic mass is 14.9. The number of nitrogens with zero attached hydrogens (tertiary/aromatic N) is 4. The molecule has 2 heterocycles. The van der Waals surface area contributed by atoms with Crippen LogP contribution in [0.1, 0.15) is 37.1 Å². The maximum Gasteiger partial charge on any atom is 0.0886 e. The minimum Gasteiger partial charge on any atom is -0.285 e. The molecule has 2 aromatic carbocycles. The molecular weight excluding hydrogens is 368 g/mol. The molecule has 4 nitrogen and oxygen atoms in total. The molecule has 0 spiro atoms. The van der Waals surface area contributed by atoms with Crippen molar-refractivity contribution in [2.45, 2.75) is 37.8 Å². The quantitative estimate of drug-likeness (QED) is 0.423. The highest BCUT2D eigenvalue weighted by Gasteiger charge is 2.23. The largest absolute Gasteiger partial charge is 0.285 e. The Labute approximate surface area is 176 Å². The highest BCUT2D eigenvalue weighted by Crippen LogP contribution is 2.25. The lowest BCUT2D eigenvalue weighted by Gasteiger charge is -2.25. The number of rotatable bonds is 4. The fourth-order valence-electron chi connectivity index (χ4n) is 4.26. The van der Waals surface area contributed by atoms with Crippen molar-refractivity contribution < 1.29 is 0 Å². The fourth-order valence-corrected chi connectivity index (χ4v) is 4.26. The molecular formula is C26H24N4. The molecule has 2 aromatic heterocycles. The first-order valence-electron chi connectivity index (χ1n) is 10.6. The van der Waals surface area contributed by atoms with Gasteiger partial charge in [0.2, 0.25) is 0 Å². The van der Waals surface area contributed by atoms with Crippen LogP contribution in [0.15, 0.2) is 83.0 Å². The van der Waals surface area contributed by atoms with Crippen LogP contribution in [-0.4, -0.2) is 34.5 Å². The number of aromatic nitrogens is 2. The van der Waals surface area contributed by atoms with E-state index in [1.807, 2.05) is 49.1 Å². The average Bonchev–Trinajstić information content (AvgIpc) is 2.82. The van der Waals surface area contributed by atoms with Gasteiger partial charge >= 0.3 is 0 Å². The van der Waals surface area contributed by atoms with E-state index in [0.717, 1.165) is 35.0 Å². The summed E-state index contributed by atoms with van der Waals surface area (Å²) in [5.41, 5.74) is 1.86. The number of benzene rings is 2. The van der Waals surface area contributed by atoms with Gasteiger partial charge in [0.1, 0.15) is 0 Å². The molecule has 4 heteroatoms. The molecule has 0 N–H and O–H groups in total. The zero-order valence-corrected chi connectivity index (χ0v) is 16.9. The van der Waals surface area contributed by atoms with E-state index in [-0.39, 0.29) is 12.1 Å². The van der Waals surface area contributed by atoms with Crippen LogP contribution >= 0.6 is 0 Å². The molecule has 4 aromatic rings. The van der Waals surface area contributed by atoms with Gasteiger partial charge in [-0.3, -0.25) is 20.0 Å². The van der Waals surface area contributed by atoms with E-state index in [1.165, 1.54) is 23.6 Å². The third-order valence-electron chi connectivity index (χ3n) is 5.88. The van der Waals surface area contributed by atoms with Crippen molar-refractivity contribution in [3.05, 3.63) is 84.4 Å². The van der Waals surface area contributed by atoms with E-state index in [0.29, 0.717) is 0 Å². The maximum atomic E-state index is 4.94. The number of fused-ring (bicyclic) bond motifs is 2. The van der Waals surface area contributed by atoms with Crippen LogP contribution in [0.3, 0.4) is 0 Å². The minimum atomic E-state index is 0.186. The van der Waals surface area contributed by atoms with E-state index in [4.69, 9.17) is 9.98 Å². The summed E-state index contributed by atoms with van der Waals surface area (Å²) in [6, 6.07) is 21.1. The zero-order valence-electron chi connectivity index (χ0n) is 16.9. The van der Waals surface area contributed by atoms with E-state index in [1.54, 1.807) is 0 Å². The highest BCUT2D eigenvalue weighted by molar-refractivity contribution is 5.98. The van der Waals surface area contributed by atoms with Crippen LogP contribution < -0.4 is 0 Å². The van der Waals surface area contributed by atoms with Crippen molar-refractivity contribution in [2.24, 2.45) is 9.98 Å². The molecule has 30 heavy (non-hydrogen) atoms. The van der Waals surface area contributed by atoms with Crippen molar-refractivity contribution in [1.82, 2.24) is 9.97 Å². The Morgan fingerprint density at radius 2 is 1.10 bits per heavy atom. The lowest BCUT2D eigenvalue weighted by Crippen LogP contribution is -2.27. The molecule has 0 bridgehead atoms. The second-order valence-electron chi connectivity index (χ2n) is 7.81. The smallest absolute Gasteiger partial charge is 0.0886 e. The third kappa shape index (κ3) is 3.86. The zero-order chi connectivity index (χ0) is 20.2. The standard InChI is InChI=1S/C26H24N4/c1-3-9-21-19(7-1)13-15-27-25(21)17-29-23-11-5-6-12-24(23)30-18-26-22-10-4-2-8-20(22)14-16-28-26/h1-4,7-10,13-18,23-24H,5-6,11-12H2. The fraction of sp³-hybridized carbons (Fsp3) is 0.231. The summed E-state index contributed by atoms with van der Waals surface area (Å²) in [7, 11) is 0. The van der Waals surface area contributed by atoms with Crippen LogP contribution in [0.25, 0.3) is 21.5 Å². The summed E-state index contributed by atoms with van der Waals surface area (Å²) in [6.45, 7) is 0. The number of hydrogen-bond acceptors (Lipinski definition) is 4. The molecule has 2 unspecified atom stereocenters. The normalized spacial score (nSPS) is 19.9. The number of hydrogen-bond donors (Lipinski definition) is 0. The molecule has 1 aliphatic carbocycles. The second kappa shape index (κ2) is 8.54. The van der Waals surface area contributed by atoms with Gasteiger partial charge in [0.05, 0.1) is 23.5 Å². The van der Waals surface area contributed by atoms with Crippen LogP contribution in [0.5, 0.6) is 0 Å². The lowest BCUT2D eigenvalue weighted by atomic mass is 9.91. The van der Waals surface area contributed by atoms with Gasteiger partial charge in [-0.15, -0.1) is 0 Å². The van der Waals surface area contributed by atoms with E-state index < -0.39 is 0 Å². The van der Waals surface area contributed by atoms with E-state index >= 15 is 0 Å². The van der Waals surface area contributed by atoms with E-state index in [2.05, 4.69) is 46.4 Å². The Hall–Kier alpha value is -3.40. The summed E-state index contributed by atoms with van der Waals surface area (Å²) in [6.07, 6.45) is 12.1. The molecule has 2 atom stereocenters. The molecule has 1 saturated carbocycles. The maximum absolute atomic E-state index is 4.94. The Morgan fingerprint density at radius 1 is 0.633 bits per heavy atom. The Kier molecular flexibility index (Phi) is 5.30. The van der Waals surface area contributed by atoms with Crippen LogP contribution in [0, 0.1) is 0 Å². The summed E-state index contributed by atoms with van der Waals surface area (Å²) < 4.78 is 0. The van der Waals surface area contributed by atoms with Gasteiger partial charge in [0.15, 0.2) is 0 Å². The summed E-state index contributed by atoms with van der Waals surface area (Å²) in [4.78, 5) is 19.0. The monoisotopic (exact) mass is 392 g/mol. The van der Waals surface area contributed by atoms with Crippen molar-refractivity contribution in [3.63, 3.8) is 0 Å². The van der Waals surface area contributed by atoms with Gasteiger partial charge in [-0.25, -0.2) is 0 Å². The van der Waals surface area contributed by atoms with E-state index in [9.17, 15) is 0 Å². The third-order valence-corrected chi connectivity index (χ3v) is 5.88. The van der Waals surface area contributed by atoms with Crippen molar-refractivity contribution in [2.75, 3.05) is 0 Å². The van der Waals surface area contributed by atoms with Gasteiger partial charge in [0.25, 0.3) is 0 Å². The molecule has 1 aliphatic rings. The van der Waals surface area contributed by atoms with Crippen LogP contribution in [0.2, 0.25) is 0 Å². The molecule has 0 radical (unpaired) electrons. The molecule has 148 valence electrons. The topological polar surface area (TPSA) is 50.5 Å². The molecule has 0 saturated heterocycles. The van der Waals surface area contributed by atoms with Crippen molar-refractivity contribution in [1.29, 1.82) is 0 Å². The first-order chi connectivity index (χ1) is 14.9. The van der Waals surface area contributed by atoms with Gasteiger partial charge in [-0.1, -0.05) is 61.4 Å². The van der Waals surface area contributed by atoms with Crippen LogP contribution in [0.4, 0.5) is 0 Å². The van der Waals surface area contributed by atoms with Gasteiger partial charge in [0, 0.05) is 35.6 Å². The second-order valence-corrected chi connectivity index (χ2v) is 7.81. The van der Waals surface area contributed by atoms with Crippen LogP contribution in [-0.2, 0) is 0 Å². The minimum absolute atomic E-state index is 0.186. The SMILES string of the molecule is C(=NC1CCCCC1N=Cc1nccc2ccccc12)c1nccc2ccccc12. The summed E-state index contributed by atoms with van der Waals surface area (Å²) >= 11 is 0. The first kappa shape index (κ1) is 18.6. The van der Waals surface area contributed by atoms with Gasteiger partial charge in [-0.05, 0) is 35.7 Å². The van der Waals surface area contributed by atoms with Gasteiger partial charge < -0.3 is 0 Å². The lowest BCUT2D eigenvalue weighted by molar-refractivity contribution is 0.390. The molecule has 0 aliphatic heterocycles. The Bertz CT molecular complexity index is 1120. The first-order valence-corrected chi connectivity index (χ1v) is 10.6. The predicted octanol–water partition coefficient (Wildman–Crippen LogP) is 5.63. The molecule has 0 amide bonds. The molecule has 5 rings (SSSR count). The van der Waals surface area contributed by atoms with Crippen molar-refractivity contribution >= 4 is 34.0 Å². The Balaban J connectivity index is 1.40. The van der Waals surface area contributed by atoms with Crippen molar-refractivity contribution in [3.8, 4) is 0 Å². The molecule has 1 fully saturated rings. The number of aliphatic imine (C=N–C) groups is 2.